The lowest BCUT2D eigenvalue weighted by atomic mass is 10.3. The molecule has 0 unspecified atom stereocenters. The molecule has 0 fully saturated rings. The van der Waals surface area contributed by atoms with Gasteiger partial charge in [-0.25, -0.2) is 9.18 Å². The van der Waals surface area contributed by atoms with Crippen molar-refractivity contribution in [1.29, 1.82) is 0 Å². The molecule has 0 radical (unpaired) electrons. The van der Waals surface area contributed by atoms with Crippen molar-refractivity contribution >= 4 is 34.2 Å². The van der Waals surface area contributed by atoms with Crippen LogP contribution in [0.5, 0.6) is 0 Å². The summed E-state index contributed by atoms with van der Waals surface area (Å²) in [5.41, 5.74) is -0.226. The third-order valence-electron chi connectivity index (χ3n) is 3.30. The summed E-state index contributed by atoms with van der Waals surface area (Å²) in [7, 11) is 1.33. The van der Waals surface area contributed by atoms with E-state index in [-0.39, 0.29) is 12.1 Å². The minimum absolute atomic E-state index is 0.145. The summed E-state index contributed by atoms with van der Waals surface area (Å²) in [4.78, 5) is 36.2. The van der Waals surface area contributed by atoms with E-state index in [1.54, 1.807) is 5.38 Å². The van der Waals surface area contributed by atoms with Gasteiger partial charge in [0, 0.05) is 18.1 Å². The van der Waals surface area contributed by atoms with E-state index < -0.39 is 23.0 Å². The molecule has 2 heterocycles. The molecule has 0 aliphatic heterocycles. The van der Waals surface area contributed by atoms with Crippen LogP contribution in [0.1, 0.15) is 0 Å². The van der Waals surface area contributed by atoms with Crippen molar-refractivity contribution in [3.8, 4) is 0 Å². The Hall–Kier alpha value is -2.81. The Bertz CT molecular complexity index is 1000. The number of carbonyl (C=O) groups excluding carboxylic acids is 1. The number of fused-ring (bicyclic) bond motifs is 1. The molecule has 0 aliphatic rings. The average Bonchev–Trinajstić information content (AvgIpc) is 3.01. The van der Waals surface area contributed by atoms with Gasteiger partial charge in [-0.2, -0.15) is 4.37 Å². The number of rotatable bonds is 3. The van der Waals surface area contributed by atoms with E-state index in [1.807, 2.05) is 0 Å². The summed E-state index contributed by atoms with van der Waals surface area (Å²) in [6, 6.07) is 5.26. The highest BCUT2D eigenvalue weighted by Crippen LogP contribution is 2.11. The quantitative estimate of drug-likeness (QED) is 0.772. The zero-order valence-electron chi connectivity index (χ0n) is 11.9. The summed E-state index contributed by atoms with van der Waals surface area (Å²) in [6.45, 7) is -0.279. The number of hydrogen-bond donors (Lipinski definition) is 1. The van der Waals surface area contributed by atoms with Crippen molar-refractivity contribution in [2.45, 2.75) is 6.54 Å². The van der Waals surface area contributed by atoms with Crippen LogP contribution in [-0.2, 0) is 18.4 Å². The molecule has 9 heteroatoms. The van der Waals surface area contributed by atoms with Crippen molar-refractivity contribution in [2.75, 3.05) is 5.32 Å². The Balaban J connectivity index is 1.94. The lowest BCUT2D eigenvalue weighted by molar-refractivity contribution is -0.116. The Morgan fingerprint density at radius 1 is 1.30 bits per heavy atom. The molecule has 0 aliphatic carbocycles. The van der Waals surface area contributed by atoms with Gasteiger partial charge in [-0.05, 0) is 35.8 Å². The van der Waals surface area contributed by atoms with Gasteiger partial charge in [-0.15, -0.1) is 0 Å². The zero-order chi connectivity index (χ0) is 16.6. The maximum Gasteiger partial charge on any atom is 0.331 e. The summed E-state index contributed by atoms with van der Waals surface area (Å²) in [6.07, 6.45) is 0. The monoisotopic (exact) mass is 334 g/mol. The van der Waals surface area contributed by atoms with Gasteiger partial charge < -0.3 is 5.32 Å². The molecule has 2 aromatic heterocycles. The molecule has 3 aromatic rings. The summed E-state index contributed by atoms with van der Waals surface area (Å²) < 4.78 is 18.9. The van der Waals surface area contributed by atoms with Crippen molar-refractivity contribution in [3.63, 3.8) is 0 Å². The van der Waals surface area contributed by atoms with Crippen LogP contribution in [0.15, 0.2) is 39.2 Å². The van der Waals surface area contributed by atoms with Crippen LogP contribution in [0.4, 0.5) is 10.1 Å². The van der Waals surface area contributed by atoms with Gasteiger partial charge in [0.1, 0.15) is 12.4 Å². The van der Waals surface area contributed by atoms with Crippen LogP contribution in [-0.4, -0.2) is 19.4 Å². The largest absolute Gasteiger partial charge is 0.331 e. The molecule has 118 valence electrons. The predicted octanol–water partition coefficient (Wildman–Crippen LogP) is 0.934. The fraction of sp³-hybridized carbons (Fsp3) is 0.143. The highest BCUT2D eigenvalue weighted by atomic mass is 32.1. The molecule has 7 nitrogen and oxygen atoms in total. The standard InChI is InChI=1S/C14H11FN4O3S/c1-18-13(21)12-10(7-23-17-12)19(14(18)22)6-11(20)16-9-4-2-8(15)3-5-9/h2-5,7H,6H2,1H3,(H,16,20). The third-order valence-corrected chi connectivity index (χ3v) is 3.91. The molecule has 0 spiro atoms. The normalized spacial score (nSPS) is 10.9. The second-order valence-corrected chi connectivity index (χ2v) is 5.47. The van der Waals surface area contributed by atoms with Crippen LogP contribution in [0.25, 0.3) is 11.0 Å². The molecule has 1 N–H and O–H groups in total. The van der Waals surface area contributed by atoms with E-state index in [4.69, 9.17) is 0 Å². The third kappa shape index (κ3) is 2.78. The van der Waals surface area contributed by atoms with Gasteiger partial charge in [-0.3, -0.25) is 18.7 Å². The number of carbonyl (C=O) groups is 1. The van der Waals surface area contributed by atoms with E-state index in [1.165, 1.54) is 35.9 Å². The van der Waals surface area contributed by atoms with Gasteiger partial charge in [0.2, 0.25) is 5.91 Å². The van der Waals surface area contributed by atoms with Gasteiger partial charge >= 0.3 is 5.69 Å². The Kier molecular flexibility index (Phi) is 3.78. The summed E-state index contributed by atoms with van der Waals surface area (Å²) in [5.74, 6) is -0.881. The van der Waals surface area contributed by atoms with Crippen LogP contribution in [0.2, 0.25) is 0 Å². The van der Waals surface area contributed by atoms with E-state index in [0.29, 0.717) is 11.2 Å². The van der Waals surface area contributed by atoms with Gasteiger partial charge in [0.05, 0.1) is 5.52 Å². The van der Waals surface area contributed by atoms with Crippen molar-refractivity contribution < 1.29 is 9.18 Å². The average molecular weight is 334 g/mol. The molecule has 0 saturated heterocycles. The molecule has 0 bridgehead atoms. The minimum atomic E-state index is -0.600. The number of nitrogens with one attached hydrogen (secondary N) is 1. The van der Waals surface area contributed by atoms with Crippen LogP contribution >= 0.6 is 11.5 Å². The highest BCUT2D eigenvalue weighted by Gasteiger charge is 2.15. The maximum atomic E-state index is 12.8. The number of aromatic nitrogens is 3. The lowest BCUT2D eigenvalue weighted by Crippen LogP contribution is -2.40. The van der Waals surface area contributed by atoms with E-state index in [9.17, 15) is 18.8 Å². The first-order valence-corrected chi connectivity index (χ1v) is 7.40. The second-order valence-electron chi connectivity index (χ2n) is 4.84. The van der Waals surface area contributed by atoms with Crippen LogP contribution in [0, 0.1) is 5.82 Å². The molecular formula is C14H11FN4O3S. The number of benzene rings is 1. The first kappa shape index (κ1) is 15.1. The number of halogens is 1. The van der Waals surface area contributed by atoms with Gasteiger partial charge in [0.25, 0.3) is 5.56 Å². The molecule has 1 amide bonds. The molecule has 3 rings (SSSR count). The molecular weight excluding hydrogens is 323 g/mol. The Labute approximate surface area is 132 Å². The number of nitrogens with zero attached hydrogens (tertiary/aromatic N) is 3. The number of hydrogen-bond acceptors (Lipinski definition) is 5. The van der Waals surface area contributed by atoms with E-state index in [0.717, 1.165) is 16.1 Å². The molecule has 0 atom stereocenters. The maximum absolute atomic E-state index is 12.8. The van der Waals surface area contributed by atoms with Crippen LogP contribution in [0.3, 0.4) is 0 Å². The first-order chi connectivity index (χ1) is 11.0. The topological polar surface area (TPSA) is 86.0 Å². The van der Waals surface area contributed by atoms with E-state index in [2.05, 4.69) is 9.69 Å². The van der Waals surface area contributed by atoms with Crippen LogP contribution < -0.4 is 16.6 Å². The molecule has 0 saturated carbocycles. The smallest absolute Gasteiger partial charge is 0.325 e. The fourth-order valence-electron chi connectivity index (χ4n) is 2.13. The lowest BCUT2D eigenvalue weighted by Gasteiger charge is -2.09. The number of amides is 1. The van der Waals surface area contributed by atoms with Gasteiger partial charge in [-0.1, -0.05) is 0 Å². The SMILES string of the molecule is Cn1c(=O)c2nscc2n(CC(=O)Nc2ccc(F)cc2)c1=O. The predicted molar refractivity (Wildman–Crippen MR) is 84.2 cm³/mol. The fourth-order valence-corrected chi connectivity index (χ4v) is 2.80. The summed E-state index contributed by atoms with van der Waals surface area (Å²) in [5, 5.41) is 4.11. The highest BCUT2D eigenvalue weighted by molar-refractivity contribution is 7.04. The van der Waals surface area contributed by atoms with Crippen molar-refractivity contribution in [3.05, 3.63) is 56.3 Å². The molecule has 23 heavy (non-hydrogen) atoms. The Morgan fingerprint density at radius 3 is 2.70 bits per heavy atom. The van der Waals surface area contributed by atoms with Crippen molar-refractivity contribution in [2.24, 2.45) is 7.05 Å². The van der Waals surface area contributed by atoms with Crippen molar-refractivity contribution in [1.82, 2.24) is 13.5 Å². The molecule has 1 aromatic carbocycles. The van der Waals surface area contributed by atoms with E-state index >= 15 is 0 Å². The Morgan fingerprint density at radius 2 is 2.00 bits per heavy atom. The first-order valence-electron chi connectivity index (χ1n) is 6.56. The zero-order valence-corrected chi connectivity index (χ0v) is 12.8. The summed E-state index contributed by atoms with van der Waals surface area (Å²) >= 11 is 1.03. The second kappa shape index (κ2) is 5.76. The van der Waals surface area contributed by atoms with Gasteiger partial charge in [0.15, 0.2) is 5.52 Å². The minimum Gasteiger partial charge on any atom is -0.325 e. The number of anilines is 1.